The second-order valence-corrected chi connectivity index (χ2v) is 7.90. The number of ether oxygens (including phenoxy) is 1. The van der Waals surface area contributed by atoms with Crippen molar-refractivity contribution in [3.05, 3.63) is 59.9 Å². The number of rotatable bonds is 6. The van der Waals surface area contributed by atoms with Gasteiger partial charge in [0.05, 0.1) is 5.92 Å². The lowest BCUT2D eigenvalue weighted by Gasteiger charge is -2.31. The highest BCUT2D eigenvalue weighted by atomic mass is 19.1. The molecule has 1 aliphatic rings. The third-order valence-corrected chi connectivity index (χ3v) is 5.34. The van der Waals surface area contributed by atoms with Gasteiger partial charge in [0.25, 0.3) is 11.8 Å². The number of amides is 3. The van der Waals surface area contributed by atoms with E-state index in [2.05, 4.69) is 10.6 Å². The van der Waals surface area contributed by atoms with Crippen LogP contribution in [0.3, 0.4) is 0 Å². The van der Waals surface area contributed by atoms with E-state index in [4.69, 9.17) is 4.74 Å². The van der Waals surface area contributed by atoms with Gasteiger partial charge >= 0.3 is 5.97 Å². The minimum Gasteiger partial charge on any atom is -0.452 e. The minimum atomic E-state index is -0.994. The molecule has 0 aliphatic carbocycles. The standard InChI is InChI=1S/C24H26FN3O5/c1-15(22(30)27-21-9-7-20(8-10-21)26-16(2)29)33-24(32)18-11-13-28(14-12-18)23(31)17-3-5-19(25)6-4-17/h3-10,15,18H,11-14H2,1-2H3,(H,26,29)(H,27,30). The molecule has 0 bridgehead atoms. The second kappa shape index (κ2) is 10.7. The predicted octanol–water partition coefficient (Wildman–Crippen LogP) is 3.21. The Bertz CT molecular complexity index is 1020. The van der Waals surface area contributed by atoms with E-state index in [-0.39, 0.29) is 11.8 Å². The van der Waals surface area contributed by atoms with Crippen LogP contribution in [0, 0.1) is 11.7 Å². The molecule has 2 aromatic rings. The Morgan fingerprint density at radius 1 is 0.939 bits per heavy atom. The van der Waals surface area contributed by atoms with E-state index in [1.165, 1.54) is 38.1 Å². The van der Waals surface area contributed by atoms with Crippen molar-refractivity contribution in [2.75, 3.05) is 23.7 Å². The van der Waals surface area contributed by atoms with Gasteiger partial charge in [0.2, 0.25) is 5.91 Å². The number of nitrogens with one attached hydrogen (secondary N) is 2. The number of carbonyl (C=O) groups is 4. The van der Waals surface area contributed by atoms with Crippen molar-refractivity contribution >= 4 is 35.1 Å². The number of esters is 1. The molecule has 0 spiro atoms. The van der Waals surface area contributed by atoms with E-state index in [0.29, 0.717) is 42.9 Å². The fraction of sp³-hybridized carbons (Fsp3) is 0.333. The molecule has 174 valence electrons. The first kappa shape index (κ1) is 23.9. The Hall–Kier alpha value is -3.75. The van der Waals surface area contributed by atoms with Crippen molar-refractivity contribution in [1.82, 2.24) is 4.90 Å². The van der Waals surface area contributed by atoms with Crippen LogP contribution < -0.4 is 10.6 Å². The first-order valence-corrected chi connectivity index (χ1v) is 10.7. The maximum absolute atomic E-state index is 13.1. The van der Waals surface area contributed by atoms with Crippen LogP contribution in [0.5, 0.6) is 0 Å². The summed E-state index contributed by atoms with van der Waals surface area (Å²) >= 11 is 0. The van der Waals surface area contributed by atoms with E-state index < -0.39 is 29.7 Å². The minimum absolute atomic E-state index is 0.196. The molecule has 1 unspecified atom stereocenters. The highest BCUT2D eigenvalue weighted by molar-refractivity contribution is 5.96. The summed E-state index contributed by atoms with van der Waals surface area (Å²) in [5.41, 5.74) is 1.50. The molecule has 0 saturated carbocycles. The molecule has 0 radical (unpaired) electrons. The van der Waals surface area contributed by atoms with E-state index in [9.17, 15) is 23.6 Å². The zero-order chi connectivity index (χ0) is 24.0. The molecule has 9 heteroatoms. The van der Waals surface area contributed by atoms with Gasteiger partial charge in [0.1, 0.15) is 5.82 Å². The first-order chi connectivity index (χ1) is 15.7. The number of anilines is 2. The molecule has 33 heavy (non-hydrogen) atoms. The normalized spacial score (nSPS) is 14.8. The molecule has 1 aliphatic heterocycles. The molecule has 2 aromatic carbocycles. The summed E-state index contributed by atoms with van der Waals surface area (Å²) in [4.78, 5) is 50.1. The van der Waals surface area contributed by atoms with Gasteiger partial charge in [-0.25, -0.2) is 4.39 Å². The summed E-state index contributed by atoms with van der Waals surface area (Å²) in [6.07, 6.45) is -0.151. The summed E-state index contributed by atoms with van der Waals surface area (Å²) in [7, 11) is 0. The number of hydrogen-bond acceptors (Lipinski definition) is 5. The lowest BCUT2D eigenvalue weighted by Crippen LogP contribution is -2.41. The Morgan fingerprint density at radius 2 is 1.48 bits per heavy atom. The Balaban J connectivity index is 1.46. The van der Waals surface area contributed by atoms with Crippen LogP contribution in [-0.4, -0.2) is 47.8 Å². The lowest BCUT2D eigenvalue weighted by molar-refractivity contribution is -0.158. The quantitative estimate of drug-likeness (QED) is 0.651. The maximum Gasteiger partial charge on any atom is 0.309 e. The molecule has 3 amide bonds. The van der Waals surface area contributed by atoms with E-state index in [1.54, 1.807) is 29.2 Å². The smallest absolute Gasteiger partial charge is 0.309 e. The molecule has 3 rings (SSSR count). The molecule has 0 aromatic heterocycles. The van der Waals surface area contributed by atoms with Gasteiger partial charge in [-0.05, 0) is 68.3 Å². The Labute approximate surface area is 191 Å². The third-order valence-electron chi connectivity index (χ3n) is 5.34. The summed E-state index contributed by atoms with van der Waals surface area (Å²) in [6, 6.07) is 11.9. The summed E-state index contributed by atoms with van der Waals surface area (Å²) in [5, 5.41) is 5.30. The third kappa shape index (κ3) is 6.61. The van der Waals surface area contributed by atoms with Gasteiger partial charge in [-0.1, -0.05) is 0 Å². The van der Waals surface area contributed by atoms with Gasteiger partial charge in [-0.15, -0.1) is 0 Å². The van der Waals surface area contributed by atoms with E-state index in [0.717, 1.165) is 0 Å². The number of piperidine rings is 1. The maximum atomic E-state index is 13.1. The monoisotopic (exact) mass is 455 g/mol. The first-order valence-electron chi connectivity index (χ1n) is 10.7. The van der Waals surface area contributed by atoms with Crippen LogP contribution in [0.25, 0.3) is 0 Å². The number of benzene rings is 2. The SMILES string of the molecule is CC(=O)Nc1ccc(NC(=O)C(C)OC(=O)C2CCN(C(=O)c3ccc(F)cc3)CC2)cc1. The largest absolute Gasteiger partial charge is 0.452 e. The van der Waals surface area contributed by atoms with Gasteiger partial charge < -0.3 is 20.3 Å². The summed E-state index contributed by atoms with van der Waals surface area (Å²) < 4.78 is 18.4. The summed E-state index contributed by atoms with van der Waals surface area (Å²) in [5.74, 6) is -2.17. The van der Waals surface area contributed by atoms with Crippen LogP contribution in [0.15, 0.2) is 48.5 Å². The number of carbonyl (C=O) groups excluding carboxylic acids is 4. The van der Waals surface area contributed by atoms with Gasteiger partial charge in [-0.3, -0.25) is 19.2 Å². The molecule has 2 N–H and O–H groups in total. The number of halogens is 1. The fourth-order valence-corrected chi connectivity index (χ4v) is 3.50. The molecular weight excluding hydrogens is 429 g/mol. The lowest BCUT2D eigenvalue weighted by atomic mass is 9.96. The van der Waals surface area contributed by atoms with Crippen LogP contribution >= 0.6 is 0 Å². The molecule has 1 saturated heterocycles. The number of nitrogens with zero attached hydrogens (tertiary/aromatic N) is 1. The highest BCUT2D eigenvalue weighted by Crippen LogP contribution is 2.21. The molecule has 8 nitrogen and oxygen atoms in total. The van der Waals surface area contributed by atoms with Crippen LogP contribution in [-0.2, 0) is 19.1 Å². The average molecular weight is 455 g/mol. The van der Waals surface area contributed by atoms with E-state index >= 15 is 0 Å². The van der Waals surface area contributed by atoms with E-state index in [1.807, 2.05) is 0 Å². The van der Waals surface area contributed by atoms with Crippen molar-refractivity contribution in [1.29, 1.82) is 0 Å². The van der Waals surface area contributed by atoms with Gasteiger partial charge in [0.15, 0.2) is 6.10 Å². The van der Waals surface area contributed by atoms with Crippen molar-refractivity contribution in [2.24, 2.45) is 5.92 Å². The van der Waals surface area contributed by atoms with Gasteiger partial charge in [0, 0.05) is 37.0 Å². The predicted molar refractivity (Wildman–Crippen MR) is 120 cm³/mol. The number of likely N-dealkylation sites (tertiary alicyclic amines) is 1. The van der Waals surface area contributed by atoms with Crippen molar-refractivity contribution < 1.29 is 28.3 Å². The number of hydrogen-bond donors (Lipinski definition) is 2. The van der Waals surface area contributed by atoms with Crippen LogP contribution in [0.1, 0.15) is 37.0 Å². The van der Waals surface area contributed by atoms with Crippen molar-refractivity contribution in [3.63, 3.8) is 0 Å². The Morgan fingerprint density at radius 3 is 2.03 bits per heavy atom. The molecule has 1 atom stereocenters. The van der Waals surface area contributed by atoms with Crippen molar-refractivity contribution in [2.45, 2.75) is 32.8 Å². The van der Waals surface area contributed by atoms with Crippen LogP contribution in [0.2, 0.25) is 0 Å². The fourth-order valence-electron chi connectivity index (χ4n) is 3.50. The average Bonchev–Trinajstić information content (AvgIpc) is 2.80. The summed E-state index contributed by atoms with van der Waals surface area (Å²) in [6.45, 7) is 3.64. The zero-order valence-electron chi connectivity index (χ0n) is 18.5. The van der Waals surface area contributed by atoms with Crippen molar-refractivity contribution in [3.8, 4) is 0 Å². The highest BCUT2D eigenvalue weighted by Gasteiger charge is 2.30. The second-order valence-electron chi connectivity index (χ2n) is 7.90. The Kier molecular flexibility index (Phi) is 7.76. The van der Waals surface area contributed by atoms with Gasteiger partial charge in [-0.2, -0.15) is 0 Å². The molecular formula is C24H26FN3O5. The topological polar surface area (TPSA) is 105 Å². The molecule has 1 fully saturated rings. The zero-order valence-corrected chi connectivity index (χ0v) is 18.5. The molecule has 1 heterocycles. The van der Waals surface area contributed by atoms with Crippen LogP contribution in [0.4, 0.5) is 15.8 Å².